The van der Waals surface area contributed by atoms with Gasteiger partial charge in [0.05, 0.1) is 12.7 Å². The molecule has 1 atom stereocenters. The summed E-state index contributed by atoms with van der Waals surface area (Å²) in [7, 11) is 0. The third-order valence-electron chi connectivity index (χ3n) is 4.10. The highest BCUT2D eigenvalue weighted by atomic mass is 16.5. The minimum Gasteiger partial charge on any atom is -0.488 e. The quantitative estimate of drug-likeness (QED) is 0.918. The molecule has 21 heavy (non-hydrogen) atoms. The molecule has 0 radical (unpaired) electrons. The van der Waals surface area contributed by atoms with Gasteiger partial charge in [-0.25, -0.2) is 0 Å². The summed E-state index contributed by atoms with van der Waals surface area (Å²) in [6.07, 6.45) is 3.12. The van der Waals surface area contributed by atoms with Crippen LogP contribution in [0.4, 0.5) is 0 Å². The molecule has 2 aromatic rings. The van der Waals surface area contributed by atoms with Gasteiger partial charge in [-0.05, 0) is 32.0 Å². The van der Waals surface area contributed by atoms with Crippen LogP contribution in [0, 0.1) is 13.8 Å². The van der Waals surface area contributed by atoms with E-state index in [-0.39, 0.29) is 6.10 Å². The fourth-order valence-electron chi connectivity index (χ4n) is 2.85. The van der Waals surface area contributed by atoms with E-state index in [2.05, 4.69) is 54.1 Å². The predicted molar refractivity (Wildman–Crippen MR) is 83.6 cm³/mol. The Labute approximate surface area is 126 Å². The van der Waals surface area contributed by atoms with Gasteiger partial charge in [-0.3, -0.25) is 4.68 Å². The lowest BCUT2D eigenvalue weighted by atomic mass is 10.1. The molecular weight excluding hydrogens is 262 g/mol. The van der Waals surface area contributed by atoms with Crippen molar-refractivity contribution >= 4 is 0 Å². The highest BCUT2D eigenvalue weighted by Crippen LogP contribution is 2.30. The van der Waals surface area contributed by atoms with Gasteiger partial charge >= 0.3 is 0 Å². The Bertz CT molecular complexity index is 633. The van der Waals surface area contributed by atoms with Gasteiger partial charge in [0.2, 0.25) is 0 Å². The molecule has 112 valence electrons. The van der Waals surface area contributed by atoms with Crippen molar-refractivity contribution in [1.82, 2.24) is 15.1 Å². The Morgan fingerprint density at radius 2 is 2.24 bits per heavy atom. The monoisotopic (exact) mass is 285 g/mol. The van der Waals surface area contributed by atoms with E-state index in [1.54, 1.807) is 0 Å². The van der Waals surface area contributed by atoms with Crippen LogP contribution in [0.25, 0.3) is 0 Å². The first-order valence-corrected chi connectivity index (χ1v) is 7.65. The maximum atomic E-state index is 6.03. The average molecular weight is 285 g/mol. The summed E-state index contributed by atoms with van der Waals surface area (Å²) in [5.74, 6) is 1.03. The summed E-state index contributed by atoms with van der Waals surface area (Å²) in [6.45, 7) is 9.04. The van der Waals surface area contributed by atoms with E-state index in [1.807, 2.05) is 6.20 Å². The number of hydrogen-bond acceptors (Lipinski definition) is 3. The van der Waals surface area contributed by atoms with Crippen molar-refractivity contribution in [2.24, 2.45) is 0 Å². The van der Waals surface area contributed by atoms with Crippen molar-refractivity contribution in [2.75, 3.05) is 6.54 Å². The van der Waals surface area contributed by atoms with Gasteiger partial charge in [-0.1, -0.05) is 24.6 Å². The van der Waals surface area contributed by atoms with Gasteiger partial charge in [0.25, 0.3) is 0 Å². The van der Waals surface area contributed by atoms with Crippen LogP contribution in [0.3, 0.4) is 0 Å². The molecule has 2 heterocycles. The number of hydrogen-bond donors (Lipinski definition) is 1. The molecule has 1 aromatic carbocycles. The minimum absolute atomic E-state index is 0.187. The van der Waals surface area contributed by atoms with Gasteiger partial charge in [0.1, 0.15) is 11.9 Å². The lowest BCUT2D eigenvalue weighted by Crippen LogP contribution is -2.22. The summed E-state index contributed by atoms with van der Waals surface area (Å²) < 4.78 is 8.10. The molecule has 0 amide bonds. The molecule has 4 nitrogen and oxygen atoms in total. The SMILES string of the molecule is CCNCc1cnn(CC2Cc3cc(C)ccc3O2)c1C. The van der Waals surface area contributed by atoms with Crippen molar-refractivity contribution < 1.29 is 4.74 Å². The first kappa shape index (κ1) is 14.1. The number of nitrogens with zero attached hydrogens (tertiary/aromatic N) is 2. The fraction of sp³-hybridized carbons (Fsp3) is 0.471. The van der Waals surface area contributed by atoms with Gasteiger partial charge in [-0.2, -0.15) is 5.10 Å². The van der Waals surface area contributed by atoms with Crippen molar-refractivity contribution in [3.05, 3.63) is 46.8 Å². The topological polar surface area (TPSA) is 39.1 Å². The second-order valence-corrected chi connectivity index (χ2v) is 5.77. The van der Waals surface area contributed by atoms with E-state index in [0.717, 1.165) is 31.8 Å². The summed E-state index contributed by atoms with van der Waals surface area (Å²) >= 11 is 0. The number of nitrogens with one attached hydrogen (secondary N) is 1. The standard InChI is InChI=1S/C17H23N3O/c1-4-18-9-15-10-19-20(13(15)3)11-16-8-14-7-12(2)5-6-17(14)21-16/h5-7,10,16,18H,4,8-9,11H2,1-3H3. The molecular formula is C17H23N3O. The van der Waals surface area contributed by atoms with E-state index in [0.29, 0.717) is 0 Å². The van der Waals surface area contributed by atoms with E-state index in [9.17, 15) is 0 Å². The van der Waals surface area contributed by atoms with Crippen LogP contribution in [0.5, 0.6) is 5.75 Å². The number of ether oxygens (including phenoxy) is 1. The van der Waals surface area contributed by atoms with Crippen LogP contribution in [-0.4, -0.2) is 22.4 Å². The molecule has 1 unspecified atom stereocenters. The zero-order chi connectivity index (χ0) is 14.8. The zero-order valence-corrected chi connectivity index (χ0v) is 13.0. The first-order chi connectivity index (χ1) is 10.2. The molecule has 0 saturated heterocycles. The van der Waals surface area contributed by atoms with E-state index >= 15 is 0 Å². The van der Waals surface area contributed by atoms with Gasteiger partial charge in [0, 0.05) is 24.2 Å². The van der Waals surface area contributed by atoms with Gasteiger partial charge < -0.3 is 10.1 Å². The lowest BCUT2D eigenvalue weighted by molar-refractivity contribution is 0.202. The molecule has 0 bridgehead atoms. The largest absolute Gasteiger partial charge is 0.488 e. The first-order valence-electron chi connectivity index (χ1n) is 7.65. The van der Waals surface area contributed by atoms with Gasteiger partial charge in [0.15, 0.2) is 0 Å². The Morgan fingerprint density at radius 3 is 3.05 bits per heavy atom. The summed E-state index contributed by atoms with van der Waals surface area (Å²) in [6, 6.07) is 6.41. The molecule has 3 rings (SSSR count). The highest BCUT2D eigenvalue weighted by Gasteiger charge is 2.24. The summed E-state index contributed by atoms with van der Waals surface area (Å²) in [5.41, 5.74) is 5.11. The van der Waals surface area contributed by atoms with E-state index in [1.165, 1.54) is 22.4 Å². The molecule has 1 aliphatic heterocycles. The maximum Gasteiger partial charge on any atom is 0.123 e. The van der Waals surface area contributed by atoms with Crippen LogP contribution in [0.2, 0.25) is 0 Å². The third-order valence-corrected chi connectivity index (χ3v) is 4.10. The Morgan fingerprint density at radius 1 is 1.38 bits per heavy atom. The lowest BCUT2D eigenvalue weighted by Gasteiger charge is -2.12. The molecule has 1 aromatic heterocycles. The third kappa shape index (κ3) is 2.95. The van der Waals surface area contributed by atoms with Crippen LogP contribution in [-0.2, 0) is 19.5 Å². The molecule has 1 N–H and O–H groups in total. The zero-order valence-electron chi connectivity index (χ0n) is 13.0. The number of fused-ring (bicyclic) bond motifs is 1. The fourth-order valence-corrected chi connectivity index (χ4v) is 2.85. The second-order valence-electron chi connectivity index (χ2n) is 5.77. The van der Waals surface area contributed by atoms with Crippen molar-refractivity contribution in [2.45, 2.75) is 46.4 Å². The van der Waals surface area contributed by atoms with E-state index in [4.69, 9.17) is 4.74 Å². The molecule has 0 spiro atoms. The van der Waals surface area contributed by atoms with Crippen LogP contribution < -0.4 is 10.1 Å². The number of benzene rings is 1. The molecule has 1 aliphatic rings. The number of aromatic nitrogens is 2. The van der Waals surface area contributed by atoms with Crippen LogP contribution in [0.15, 0.2) is 24.4 Å². The Kier molecular flexibility index (Phi) is 3.97. The molecule has 0 saturated carbocycles. The number of rotatable bonds is 5. The Hall–Kier alpha value is -1.81. The molecule has 0 aliphatic carbocycles. The summed E-state index contributed by atoms with van der Waals surface area (Å²) in [4.78, 5) is 0. The highest BCUT2D eigenvalue weighted by molar-refractivity contribution is 5.40. The molecule has 4 heteroatoms. The average Bonchev–Trinajstić information content (AvgIpc) is 3.01. The van der Waals surface area contributed by atoms with Crippen molar-refractivity contribution in [3.63, 3.8) is 0 Å². The van der Waals surface area contributed by atoms with Crippen molar-refractivity contribution in [3.8, 4) is 5.75 Å². The minimum atomic E-state index is 0.187. The predicted octanol–water partition coefficient (Wildman–Crippen LogP) is 2.61. The molecule has 0 fully saturated rings. The Balaban J connectivity index is 1.67. The van der Waals surface area contributed by atoms with Crippen LogP contribution in [0.1, 0.15) is 29.3 Å². The van der Waals surface area contributed by atoms with Gasteiger partial charge in [-0.15, -0.1) is 0 Å². The van der Waals surface area contributed by atoms with E-state index < -0.39 is 0 Å². The maximum absolute atomic E-state index is 6.03. The van der Waals surface area contributed by atoms with Crippen molar-refractivity contribution in [1.29, 1.82) is 0 Å². The normalized spacial score (nSPS) is 16.8. The summed E-state index contributed by atoms with van der Waals surface area (Å²) in [5, 5.41) is 7.86. The van der Waals surface area contributed by atoms with Crippen LogP contribution >= 0.6 is 0 Å². The second kappa shape index (κ2) is 5.90. The smallest absolute Gasteiger partial charge is 0.123 e. The number of aryl methyl sites for hydroxylation is 1.